The van der Waals surface area contributed by atoms with Crippen molar-refractivity contribution in [2.75, 3.05) is 12.3 Å². The van der Waals surface area contributed by atoms with E-state index in [2.05, 4.69) is 0 Å². The van der Waals surface area contributed by atoms with Crippen LogP contribution in [0, 0.1) is 0 Å². The second-order valence-corrected chi connectivity index (χ2v) is 2.61. The molecule has 0 radical (unpaired) electrons. The Morgan fingerprint density at radius 2 is 2.30 bits per heavy atom. The van der Waals surface area contributed by atoms with Crippen LogP contribution < -0.4 is 5.32 Å². The Bertz CT molecular complexity index is 121. The van der Waals surface area contributed by atoms with E-state index in [1.165, 1.54) is 0 Å². The molecule has 0 rings (SSSR count). The van der Waals surface area contributed by atoms with Gasteiger partial charge in [-0.2, -0.15) is 0 Å². The molecule has 0 fully saturated rings. The Kier molecular flexibility index (Phi) is 4.87. The first-order chi connectivity index (χ1) is 4.63. The molecule has 0 aromatic heterocycles. The maximum absolute atomic E-state index is 9.87. The van der Waals surface area contributed by atoms with Gasteiger partial charge >= 0.3 is 6.09 Å². The number of carbonyl (C=O) groups is 1. The molecule has 0 bridgehead atoms. The topological polar surface area (TPSA) is 89.5 Å². The molecule has 1 amide bonds. The highest BCUT2D eigenvalue weighted by Crippen LogP contribution is 1.80. The summed E-state index contributed by atoms with van der Waals surface area (Å²) in [5, 5.41) is 10.1. The Morgan fingerprint density at radius 3 is 2.70 bits per heavy atom. The van der Waals surface area contributed by atoms with Crippen LogP contribution in [0.15, 0.2) is 0 Å². The number of nitrogens with one attached hydrogen (secondary N) is 1. The van der Waals surface area contributed by atoms with Crippen LogP contribution in [0.3, 0.4) is 0 Å². The zero-order valence-corrected chi connectivity index (χ0v) is 6.02. The summed E-state index contributed by atoms with van der Waals surface area (Å²) in [6, 6.07) is 0. The summed E-state index contributed by atoms with van der Waals surface area (Å²) in [5.41, 5.74) is 0. The van der Waals surface area contributed by atoms with Crippen LogP contribution in [0.5, 0.6) is 0 Å². The van der Waals surface area contributed by atoms with Crippen molar-refractivity contribution in [1.82, 2.24) is 5.32 Å². The Labute approximate surface area is 60.7 Å². The summed E-state index contributed by atoms with van der Waals surface area (Å²) in [5.74, 6) is 0.000278. The Balaban J connectivity index is 3.06. The Hall–Kier alpha value is -0.620. The van der Waals surface area contributed by atoms with Crippen LogP contribution in [0.1, 0.15) is 6.42 Å². The molecule has 0 aliphatic heterocycles. The predicted molar refractivity (Wildman–Crippen MR) is 34.4 cm³/mol. The maximum atomic E-state index is 9.87. The van der Waals surface area contributed by atoms with Gasteiger partial charge in [0.05, 0.1) is 0 Å². The summed E-state index contributed by atoms with van der Waals surface area (Å²) < 4.78 is 19.7. The van der Waals surface area contributed by atoms with E-state index in [0.717, 1.165) is 0 Å². The molecule has 60 valence electrons. The molecule has 0 saturated carbocycles. The van der Waals surface area contributed by atoms with E-state index in [0.29, 0.717) is 6.42 Å². The molecule has 0 aliphatic carbocycles. The van der Waals surface area contributed by atoms with Crippen molar-refractivity contribution in [1.29, 1.82) is 0 Å². The zero-order valence-electron chi connectivity index (χ0n) is 5.20. The van der Waals surface area contributed by atoms with Gasteiger partial charge in [-0.15, -0.1) is 0 Å². The van der Waals surface area contributed by atoms with E-state index in [1.54, 1.807) is 0 Å². The van der Waals surface area contributed by atoms with Gasteiger partial charge in [0, 0.05) is 12.3 Å². The number of rotatable bonds is 4. The monoisotopic (exact) mass is 166 g/mol. The van der Waals surface area contributed by atoms with Crippen LogP contribution in [0.25, 0.3) is 0 Å². The number of hydrogen-bond acceptors (Lipinski definition) is 3. The highest BCUT2D eigenvalue weighted by molar-refractivity contribution is 7.79. The number of carboxylic acid groups (broad SMARTS) is 1. The summed E-state index contributed by atoms with van der Waals surface area (Å²) >= 11 is -2.06. The number of amides is 1. The second kappa shape index (κ2) is 5.19. The SMILES string of the molecule is O=C(O)NCCCS(=O)[O-]. The molecule has 0 heterocycles. The lowest BCUT2D eigenvalue weighted by atomic mass is 10.5. The summed E-state index contributed by atoms with van der Waals surface area (Å²) in [6.45, 7) is 0.184. The van der Waals surface area contributed by atoms with Crippen molar-refractivity contribution < 1.29 is 18.7 Å². The third kappa shape index (κ3) is 7.38. The lowest BCUT2D eigenvalue weighted by molar-refractivity contribution is 0.194. The normalized spacial score (nSPS) is 12.5. The highest BCUT2D eigenvalue weighted by atomic mass is 32.2. The first-order valence-electron chi connectivity index (χ1n) is 2.65. The van der Waals surface area contributed by atoms with Gasteiger partial charge in [0.15, 0.2) is 0 Å². The minimum absolute atomic E-state index is 0.000278. The Morgan fingerprint density at radius 1 is 1.70 bits per heavy atom. The molecule has 2 N–H and O–H groups in total. The van der Waals surface area contributed by atoms with Gasteiger partial charge in [-0.1, -0.05) is 11.1 Å². The molecule has 0 spiro atoms. The van der Waals surface area contributed by atoms with Gasteiger partial charge in [0.25, 0.3) is 0 Å². The van der Waals surface area contributed by atoms with Crippen LogP contribution in [-0.2, 0) is 11.1 Å². The molecule has 1 unspecified atom stereocenters. The van der Waals surface area contributed by atoms with Gasteiger partial charge in [0.2, 0.25) is 0 Å². The standard InChI is InChI=1S/C4H9NO4S/c6-4(7)5-2-1-3-10(8)9/h5H,1-3H2,(H,6,7)(H,8,9)/p-1. The molecule has 0 aliphatic rings. The van der Waals surface area contributed by atoms with Gasteiger partial charge in [-0.3, -0.25) is 4.21 Å². The third-order valence-electron chi connectivity index (χ3n) is 0.764. The second-order valence-electron chi connectivity index (χ2n) is 1.59. The maximum Gasteiger partial charge on any atom is 0.404 e. The molecule has 0 aromatic carbocycles. The van der Waals surface area contributed by atoms with Crippen LogP contribution in [0.2, 0.25) is 0 Å². The van der Waals surface area contributed by atoms with Crippen LogP contribution >= 0.6 is 0 Å². The quantitative estimate of drug-likeness (QED) is 0.436. The molecule has 0 saturated heterocycles. The molecule has 10 heavy (non-hydrogen) atoms. The van der Waals surface area contributed by atoms with E-state index >= 15 is 0 Å². The van der Waals surface area contributed by atoms with E-state index in [9.17, 15) is 13.6 Å². The highest BCUT2D eigenvalue weighted by Gasteiger charge is 1.91. The first-order valence-corrected chi connectivity index (χ1v) is 3.90. The lowest BCUT2D eigenvalue weighted by Crippen LogP contribution is -2.22. The molecule has 6 heteroatoms. The molecule has 5 nitrogen and oxygen atoms in total. The van der Waals surface area contributed by atoms with Crippen molar-refractivity contribution in [2.45, 2.75) is 6.42 Å². The fraction of sp³-hybridized carbons (Fsp3) is 0.750. The smallest absolute Gasteiger partial charge is 0.404 e. The largest absolute Gasteiger partial charge is 0.772 e. The summed E-state index contributed by atoms with van der Waals surface area (Å²) in [6.07, 6.45) is -0.806. The van der Waals surface area contributed by atoms with E-state index in [1.807, 2.05) is 5.32 Å². The first kappa shape index (κ1) is 9.38. The zero-order chi connectivity index (χ0) is 7.98. The van der Waals surface area contributed by atoms with E-state index < -0.39 is 17.2 Å². The minimum atomic E-state index is -2.06. The van der Waals surface area contributed by atoms with Crippen molar-refractivity contribution >= 4 is 17.2 Å². The molecule has 1 atom stereocenters. The summed E-state index contributed by atoms with van der Waals surface area (Å²) in [4.78, 5) is 9.78. The molecule has 0 aromatic rings. The summed E-state index contributed by atoms with van der Waals surface area (Å²) in [7, 11) is 0. The van der Waals surface area contributed by atoms with Gasteiger partial charge in [-0.25, -0.2) is 4.79 Å². The van der Waals surface area contributed by atoms with Crippen LogP contribution in [0.4, 0.5) is 4.79 Å². The van der Waals surface area contributed by atoms with Crippen molar-refractivity contribution in [3.05, 3.63) is 0 Å². The molecular formula is C4H8NO4S-. The minimum Gasteiger partial charge on any atom is -0.772 e. The van der Waals surface area contributed by atoms with Crippen molar-refractivity contribution in [2.24, 2.45) is 0 Å². The fourth-order valence-corrected chi connectivity index (χ4v) is 0.765. The van der Waals surface area contributed by atoms with Gasteiger partial charge in [0.1, 0.15) is 0 Å². The van der Waals surface area contributed by atoms with Gasteiger partial charge < -0.3 is 15.0 Å². The number of hydrogen-bond donors (Lipinski definition) is 2. The van der Waals surface area contributed by atoms with E-state index in [4.69, 9.17) is 5.11 Å². The average molecular weight is 166 g/mol. The third-order valence-corrected chi connectivity index (χ3v) is 1.39. The van der Waals surface area contributed by atoms with Crippen LogP contribution in [-0.4, -0.2) is 32.3 Å². The average Bonchev–Trinajstić information content (AvgIpc) is 1.79. The molecular weight excluding hydrogens is 158 g/mol. The fourth-order valence-electron chi connectivity index (χ4n) is 0.385. The van der Waals surface area contributed by atoms with Crippen molar-refractivity contribution in [3.8, 4) is 0 Å². The van der Waals surface area contributed by atoms with Crippen molar-refractivity contribution in [3.63, 3.8) is 0 Å². The van der Waals surface area contributed by atoms with E-state index in [-0.39, 0.29) is 12.3 Å². The lowest BCUT2D eigenvalue weighted by Gasteiger charge is -2.03. The van der Waals surface area contributed by atoms with Gasteiger partial charge in [-0.05, 0) is 6.42 Å². The predicted octanol–water partition coefficient (Wildman–Crippen LogP) is -0.477.